The highest BCUT2D eigenvalue weighted by Crippen LogP contribution is 2.16. The van der Waals surface area contributed by atoms with Crippen molar-refractivity contribution < 1.29 is 19.4 Å². The van der Waals surface area contributed by atoms with Crippen LogP contribution in [0.1, 0.15) is 23.3 Å². The molecule has 1 aromatic rings. The normalized spacial score (nSPS) is 19.4. The average Bonchev–Trinajstić information content (AvgIpc) is 2.85. The fraction of sp³-hybridized carbons (Fsp3) is 0.538. The zero-order valence-corrected chi connectivity index (χ0v) is 10.9. The van der Waals surface area contributed by atoms with Crippen molar-refractivity contribution in [1.82, 2.24) is 9.47 Å². The molecule has 1 N–H and O–H groups in total. The summed E-state index contributed by atoms with van der Waals surface area (Å²) < 4.78 is 6.75. The summed E-state index contributed by atoms with van der Waals surface area (Å²) in [6.45, 7) is 1.06. The van der Waals surface area contributed by atoms with E-state index in [0.29, 0.717) is 18.8 Å². The van der Waals surface area contributed by atoms with E-state index in [9.17, 15) is 9.59 Å². The molecule has 0 spiro atoms. The Morgan fingerprint density at radius 3 is 3.00 bits per heavy atom. The molecular weight excluding hydrogens is 248 g/mol. The summed E-state index contributed by atoms with van der Waals surface area (Å²) >= 11 is 0. The van der Waals surface area contributed by atoms with E-state index in [1.165, 1.54) is 4.57 Å². The van der Waals surface area contributed by atoms with E-state index < -0.39 is 5.97 Å². The summed E-state index contributed by atoms with van der Waals surface area (Å²) in [5, 5.41) is 8.82. The van der Waals surface area contributed by atoms with Crippen LogP contribution in [0.15, 0.2) is 18.3 Å². The Bertz CT molecular complexity index is 469. The maximum absolute atomic E-state index is 12.4. The molecule has 1 fully saturated rings. The summed E-state index contributed by atoms with van der Waals surface area (Å²) in [5.74, 6) is -1.09. The minimum absolute atomic E-state index is 0.0700. The van der Waals surface area contributed by atoms with Gasteiger partial charge in [0.05, 0.1) is 6.10 Å². The lowest BCUT2D eigenvalue weighted by Crippen LogP contribution is -2.43. The van der Waals surface area contributed by atoms with Gasteiger partial charge in [-0.2, -0.15) is 0 Å². The lowest BCUT2D eigenvalue weighted by atomic mass is 10.1. The van der Waals surface area contributed by atoms with Crippen LogP contribution in [0, 0.1) is 0 Å². The Balaban J connectivity index is 2.10. The number of ether oxygens (including phenoxy) is 1. The van der Waals surface area contributed by atoms with E-state index in [4.69, 9.17) is 9.84 Å². The number of nitrogens with zero attached hydrogens (tertiary/aromatic N) is 2. The quantitative estimate of drug-likeness (QED) is 0.876. The number of methoxy groups -OCH3 is 1. The van der Waals surface area contributed by atoms with Crippen molar-refractivity contribution in [2.45, 2.75) is 25.5 Å². The van der Waals surface area contributed by atoms with Gasteiger partial charge < -0.3 is 19.3 Å². The van der Waals surface area contributed by atoms with Crippen LogP contribution in [0.3, 0.4) is 0 Å². The van der Waals surface area contributed by atoms with Gasteiger partial charge in [0.1, 0.15) is 12.2 Å². The van der Waals surface area contributed by atoms with Gasteiger partial charge in [-0.3, -0.25) is 9.59 Å². The van der Waals surface area contributed by atoms with Crippen molar-refractivity contribution in [2.75, 3.05) is 20.2 Å². The lowest BCUT2D eigenvalue weighted by molar-refractivity contribution is -0.137. The summed E-state index contributed by atoms with van der Waals surface area (Å²) in [7, 11) is 1.64. The number of aliphatic carboxylic acids is 1. The van der Waals surface area contributed by atoms with E-state index >= 15 is 0 Å². The number of aromatic nitrogens is 1. The maximum Gasteiger partial charge on any atom is 0.323 e. The molecule has 2 rings (SSSR count). The molecule has 0 aromatic carbocycles. The predicted octanol–water partition coefficient (Wildman–Crippen LogP) is 0.824. The minimum atomic E-state index is -0.960. The van der Waals surface area contributed by atoms with Crippen molar-refractivity contribution in [3.8, 4) is 0 Å². The zero-order chi connectivity index (χ0) is 13.8. The molecule has 0 aliphatic carbocycles. The summed E-state index contributed by atoms with van der Waals surface area (Å²) in [5.41, 5.74) is 0.416. The molecule has 0 radical (unpaired) electrons. The second-order valence-corrected chi connectivity index (χ2v) is 4.67. The molecule has 19 heavy (non-hydrogen) atoms. The van der Waals surface area contributed by atoms with Crippen LogP contribution in [-0.2, 0) is 16.1 Å². The topological polar surface area (TPSA) is 71.8 Å². The highest BCUT2D eigenvalue weighted by atomic mass is 16.5. The molecule has 1 aliphatic heterocycles. The van der Waals surface area contributed by atoms with Crippen LogP contribution in [0.25, 0.3) is 0 Å². The van der Waals surface area contributed by atoms with Crippen LogP contribution >= 0.6 is 0 Å². The van der Waals surface area contributed by atoms with Gasteiger partial charge in [-0.1, -0.05) is 0 Å². The number of hydrogen-bond acceptors (Lipinski definition) is 3. The van der Waals surface area contributed by atoms with Crippen LogP contribution in [0.2, 0.25) is 0 Å². The first-order chi connectivity index (χ1) is 9.11. The molecule has 6 heteroatoms. The second-order valence-electron chi connectivity index (χ2n) is 4.67. The molecule has 104 valence electrons. The lowest BCUT2D eigenvalue weighted by Gasteiger charge is -2.32. The number of hydrogen-bond donors (Lipinski definition) is 1. The van der Waals surface area contributed by atoms with Crippen molar-refractivity contribution in [3.63, 3.8) is 0 Å². The van der Waals surface area contributed by atoms with Crippen molar-refractivity contribution in [2.24, 2.45) is 0 Å². The van der Waals surface area contributed by atoms with Gasteiger partial charge in [-0.05, 0) is 25.0 Å². The molecule has 1 saturated heterocycles. The van der Waals surface area contributed by atoms with Crippen LogP contribution in [-0.4, -0.2) is 52.8 Å². The summed E-state index contributed by atoms with van der Waals surface area (Å²) in [6, 6.07) is 3.34. The van der Waals surface area contributed by atoms with Gasteiger partial charge >= 0.3 is 5.97 Å². The molecule has 1 amide bonds. The van der Waals surface area contributed by atoms with E-state index in [1.54, 1.807) is 30.3 Å². The van der Waals surface area contributed by atoms with E-state index in [0.717, 1.165) is 12.8 Å². The first-order valence-corrected chi connectivity index (χ1v) is 6.31. The Morgan fingerprint density at radius 2 is 2.32 bits per heavy atom. The Morgan fingerprint density at radius 1 is 1.53 bits per heavy atom. The highest BCUT2D eigenvalue weighted by molar-refractivity contribution is 5.93. The minimum Gasteiger partial charge on any atom is -0.480 e. The number of amides is 1. The maximum atomic E-state index is 12.4. The van der Waals surface area contributed by atoms with Crippen molar-refractivity contribution in [1.29, 1.82) is 0 Å². The first-order valence-electron chi connectivity index (χ1n) is 6.31. The monoisotopic (exact) mass is 266 g/mol. The fourth-order valence-corrected chi connectivity index (χ4v) is 2.37. The largest absolute Gasteiger partial charge is 0.480 e. The molecule has 1 aromatic heterocycles. The Labute approximate surface area is 111 Å². The molecular formula is C13H18N2O4. The summed E-state index contributed by atoms with van der Waals surface area (Å²) in [4.78, 5) is 24.9. The number of carboxylic acid groups (broad SMARTS) is 1. The van der Waals surface area contributed by atoms with Gasteiger partial charge in [0, 0.05) is 26.4 Å². The number of rotatable bonds is 4. The Hall–Kier alpha value is -1.82. The molecule has 1 aliphatic rings. The van der Waals surface area contributed by atoms with Crippen molar-refractivity contribution in [3.05, 3.63) is 24.0 Å². The smallest absolute Gasteiger partial charge is 0.323 e. The molecule has 1 unspecified atom stereocenters. The third-order valence-electron chi connectivity index (χ3n) is 3.35. The number of carbonyl (C=O) groups is 2. The van der Waals surface area contributed by atoms with E-state index in [-0.39, 0.29) is 18.6 Å². The van der Waals surface area contributed by atoms with Crippen molar-refractivity contribution >= 4 is 11.9 Å². The predicted molar refractivity (Wildman–Crippen MR) is 68.0 cm³/mol. The number of carboxylic acids is 1. The first kappa shape index (κ1) is 13.6. The summed E-state index contributed by atoms with van der Waals surface area (Å²) in [6.07, 6.45) is 3.54. The van der Waals surface area contributed by atoms with Gasteiger partial charge in [0.25, 0.3) is 5.91 Å². The molecule has 0 bridgehead atoms. The SMILES string of the molecule is COC1CCCN(C(=O)c2cccn2CC(=O)O)C1. The fourth-order valence-electron chi connectivity index (χ4n) is 2.37. The van der Waals surface area contributed by atoms with Crippen LogP contribution in [0.5, 0.6) is 0 Å². The van der Waals surface area contributed by atoms with Gasteiger partial charge in [-0.15, -0.1) is 0 Å². The molecule has 6 nitrogen and oxygen atoms in total. The van der Waals surface area contributed by atoms with Gasteiger partial charge in [-0.25, -0.2) is 0 Å². The zero-order valence-electron chi connectivity index (χ0n) is 10.9. The van der Waals surface area contributed by atoms with Gasteiger partial charge in [0.2, 0.25) is 0 Å². The van der Waals surface area contributed by atoms with E-state index in [2.05, 4.69) is 0 Å². The average molecular weight is 266 g/mol. The number of carbonyl (C=O) groups excluding carboxylic acids is 1. The van der Waals surface area contributed by atoms with Gasteiger partial charge in [0.15, 0.2) is 0 Å². The molecule has 1 atom stereocenters. The van der Waals surface area contributed by atoms with E-state index in [1.807, 2.05) is 0 Å². The number of piperidine rings is 1. The molecule has 0 saturated carbocycles. The Kier molecular flexibility index (Phi) is 4.21. The third-order valence-corrected chi connectivity index (χ3v) is 3.35. The van der Waals surface area contributed by atoms with Crippen LogP contribution in [0.4, 0.5) is 0 Å². The second kappa shape index (κ2) is 5.88. The highest BCUT2D eigenvalue weighted by Gasteiger charge is 2.26. The third kappa shape index (κ3) is 3.14. The number of likely N-dealkylation sites (tertiary alicyclic amines) is 1. The standard InChI is InChI=1S/C13H18N2O4/c1-19-10-4-2-7-15(8-10)13(18)11-5-3-6-14(11)9-12(16)17/h3,5-6,10H,2,4,7-9H2,1H3,(H,16,17). The molecule has 2 heterocycles. The van der Waals surface area contributed by atoms with Crippen LogP contribution < -0.4 is 0 Å².